The Morgan fingerprint density at radius 3 is 1.62 bits per heavy atom. The Hall–Kier alpha value is -0.950. The van der Waals surface area contributed by atoms with Gasteiger partial charge < -0.3 is 4.90 Å². The second-order valence-corrected chi connectivity index (χ2v) is 3.55. The predicted molar refractivity (Wildman–Crippen MR) is 41.4 cm³/mol. The van der Waals surface area contributed by atoms with Crippen LogP contribution in [0.15, 0.2) is 0 Å². The SMILES string of the molecule is O=C(C(C(F)(F)F)C(F)(F)F)N1CCCC1. The highest BCUT2D eigenvalue weighted by molar-refractivity contribution is 5.80. The lowest BCUT2D eigenvalue weighted by Crippen LogP contribution is -2.48. The summed E-state index contributed by atoms with van der Waals surface area (Å²) in [7, 11) is 0. The Kier molecular flexibility index (Phi) is 3.39. The molecular weight excluding hydrogens is 240 g/mol. The van der Waals surface area contributed by atoms with Crippen molar-refractivity contribution in [2.45, 2.75) is 25.2 Å². The number of hydrogen-bond acceptors (Lipinski definition) is 1. The minimum Gasteiger partial charge on any atom is -0.342 e. The summed E-state index contributed by atoms with van der Waals surface area (Å²) in [6.07, 6.45) is -10.3. The van der Waals surface area contributed by atoms with Gasteiger partial charge in [0.1, 0.15) is 0 Å². The van der Waals surface area contributed by atoms with Gasteiger partial charge >= 0.3 is 12.4 Å². The molecule has 0 aromatic rings. The van der Waals surface area contributed by atoms with Crippen LogP contribution in [-0.2, 0) is 4.79 Å². The number of halogens is 6. The average molecular weight is 249 g/mol. The normalized spacial score (nSPS) is 18.3. The molecule has 0 atom stereocenters. The lowest BCUT2D eigenvalue weighted by Gasteiger charge is -2.26. The minimum atomic E-state index is -5.59. The predicted octanol–water partition coefficient (Wildman–Crippen LogP) is 2.35. The summed E-state index contributed by atoms with van der Waals surface area (Å²) >= 11 is 0. The van der Waals surface area contributed by atoms with Crippen molar-refractivity contribution in [3.8, 4) is 0 Å². The third-order valence-corrected chi connectivity index (χ3v) is 2.32. The molecule has 0 bridgehead atoms. The van der Waals surface area contributed by atoms with E-state index >= 15 is 0 Å². The molecule has 8 heteroatoms. The lowest BCUT2D eigenvalue weighted by molar-refractivity contribution is -0.277. The van der Waals surface area contributed by atoms with E-state index in [-0.39, 0.29) is 13.1 Å². The zero-order valence-corrected chi connectivity index (χ0v) is 8.03. The van der Waals surface area contributed by atoms with Gasteiger partial charge in [0.15, 0.2) is 0 Å². The molecule has 0 N–H and O–H groups in total. The molecule has 1 heterocycles. The molecular formula is C8H9F6NO. The second kappa shape index (κ2) is 4.14. The highest BCUT2D eigenvalue weighted by Gasteiger charge is 2.62. The third-order valence-electron chi connectivity index (χ3n) is 2.32. The molecule has 94 valence electrons. The van der Waals surface area contributed by atoms with E-state index in [9.17, 15) is 31.1 Å². The maximum Gasteiger partial charge on any atom is 0.409 e. The highest BCUT2D eigenvalue weighted by atomic mass is 19.4. The minimum absolute atomic E-state index is 0.0402. The molecule has 0 radical (unpaired) electrons. The summed E-state index contributed by atoms with van der Waals surface area (Å²) in [6.45, 7) is -0.0804. The number of likely N-dealkylation sites (tertiary alicyclic amines) is 1. The van der Waals surface area contributed by atoms with Crippen LogP contribution in [0, 0.1) is 5.92 Å². The van der Waals surface area contributed by atoms with Crippen LogP contribution >= 0.6 is 0 Å². The van der Waals surface area contributed by atoms with Crippen LogP contribution in [-0.4, -0.2) is 36.2 Å². The summed E-state index contributed by atoms with van der Waals surface area (Å²) in [5.74, 6) is -5.78. The van der Waals surface area contributed by atoms with Crippen molar-refractivity contribution >= 4 is 5.91 Å². The highest BCUT2D eigenvalue weighted by Crippen LogP contribution is 2.40. The van der Waals surface area contributed by atoms with E-state index in [2.05, 4.69) is 0 Å². The average Bonchev–Trinajstić information content (AvgIpc) is 2.48. The fraction of sp³-hybridized carbons (Fsp3) is 0.875. The van der Waals surface area contributed by atoms with E-state index in [4.69, 9.17) is 0 Å². The van der Waals surface area contributed by atoms with Crippen LogP contribution in [0.4, 0.5) is 26.3 Å². The standard InChI is InChI=1S/C8H9F6NO/c9-7(10,11)5(8(12,13)14)6(16)15-3-1-2-4-15/h5H,1-4H2. The number of amides is 1. The van der Waals surface area contributed by atoms with Crippen molar-refractivity contribution in [2.75, 3.05) is 13.1 Å². The van der Waals surface area contributed by atoms with Crippen LogP contribution in [0.3, 0.4) is 0 Å². The number of carbonyl (C=O) groups excluding carboxylic acids is 1. The zero-order chi connectivity index (χ0) is 12.6. The van der Waals surface area contributed by atoms with Crippen molar-refractivity contribution < 1.29 is 31.1 Å². The monoisotopic (exact) mass is 249 g/mol. The molecule has 1 amide bonds. The van der Waals surface area contributed by atoms with E-state index in [0.717, 1.165) is 0 Å². The van der Waals surface area contributed by atoms with Gasteiger partial charge in [-0.1, -0.05) is 0 Å². The van der Waals surface area contributed by atoms with Gasteiger partial charge in [-0.3, -0.25) is 4.79 Å². The van der Waals surface area contributed by atoms with E-state index in [1.807, 2.05) is 0 Å². The Morgan fingerprint density at radius 2 is 1.31 bits per heavy atom. The topological polar surface area (TPSA) is 20.3 Å². The van der Waals surface area contributed by atoms with Gasteiger partial charge in [0.25, 0.3) is 0 Å². The third kappa shape index (κ3) is 2.79. The quantitative estimate of drug-likeness (QED) is 0.653. The molecule has 0 aromatic carbocycles. The fourth-order valence-electron chi connectivity index (χ4n) is 1.59. The van der Waals surface area contributed by atoms with Crippen LogP contribution in [0.1, 0.15) is 12.8 Å². The van der Waals surface area contributed by atoms with Crippen molar-refractivity contribution in [3.05, 3.63) is 0 Å². The van der Waals surface area contributed by atoms with Crippen LogP contribution in [0.25, 0.3) is 0 Å². The molecule has 0 aliphatic carbocycles. The Morgan fingerprint density at radius 1 is 0.938 bits per heavy atom. The first-order chi connectivity index (χ1) is 7.14. The van der Waals surface area contributed by atoms with E-state index in [1.54, 1.807) is 0 Å². The molecule has 16 heavy (non-hydrogen) atoms. The van der Waals surface area contributed by atoms with Gasteiger partial charge in [-0.2, -0.15) is 26.3 Å². The molecule has 1 saturated heterocycles. The second-order valence-electron chi connectivity index (χ2n) is 3.55. The lowest BCUT2D eigenvalue weighted by atomic mass is 10.1. The maximum atomic E-state index is 12.2. The number of nitrogens with zero attached hydrogens (tertiary/aromatic N) is 1. The first kappa shape index (κ1) is 13.1. The molecule has 0 spiro atoms. The molecule has 0 unspecified atom stereocenters. The van der Waals surface area contributed by atoms with Crippen molar-refractivity contribution in [1.29, 1.82) is 0 Å². The molecule has 0 saturated carbocycles. The summed E-state index contributed by atoms with van der Waals surface area (Å²) in [5.41, 5.74) is 0. The Labute approximate surface area is 87.2 Å². The molecule has 0 aromatic heterocycles. The molecule has 1 fully saturated rings. The molecule has 1 aliphatic heterocycles. The van der Waals surface area contributed by atoms with Gasteiger partial charge in [-0.15, -0.1) is 0 Å². The Balaban J connectivity index is 2.89. The fourth-order valence-corrected chi connectivity index (χ4v) is 1.59. The number of hydrogen-bond donors (Lipinski definition) is 0. The molecule has 1 rings (SSSR count). The van der Waals surface area contributed by atoms with Crippen molar-refractivity contribution in [1.82, 2.24) is 4.90 Å². The molecule has 2 nitrogen and oxygen atoms in total. The van der Waals surface area contributed by atoms with Crippen LogP contribution < -0.4 is 0 Å². The van der Waals surface area contributed by atoms with Gasteiger partial charge in [-0.05, 0) is 12.8 Å². The van der Waals surface area contributed by atoms with Crippen LogP contribution in [0.5, 0.6) is 0 Å². The first-order valence-electron chi connectivity index (χ1n) is 4.56. The molecule has 1 aliphatic rings. The van der Waals surface area contributed by atoms with Crippen molar-refractivity contribution in [2.24, 2.45) is 5.92 Å². The summed E-state index contributed by atoms with van der Waals surface area (Å²) in [5, 5.41) is 0. The largest absolute Gasteiger partial charge is 0.409 e. The Bertz CT molecular complexity index is 251. The summed E-state index contributed by atoms with van der Waals surface area (Å²) in [6, 6.07) is 0. The van der Waals surface area contributed by atoms with E-state index in [1.165, 1.54) is 0 Å². The number of carbonyl (C=O) groups is 1. The van der Waals surface area contributed by atoms with Crippen molar-refractivity contribution in [3.63, 3.8) is 0 Å². The van der Waals surface area contributed by atoms with Gasteiger partial charge in [0.05, 0.1) is 0 Å². The summed E-state index contributed by atoms with van der Waals surface area (Å²) < 4.78 is 72.9. The maximum absolute atomic E-state index is 12.2. The van der Waals surface area contributed by atoms with Gasteiger partial charge in [0, 0.05) is 13.1 Å². The smallest absolute Gasteiger partial charge is 0.342 e. The summed E-state index contributed by atoms with van der Waals surface area (Å²) in [4.78, 5) is 11.7. The van der Waals surface area contributed by atoms with Gasteiger partial charge in [-0.25, -0.2) is 0 Å². The first-order valence-corrected chi connectivity index (χ1v) is 4.56. The van der Waals surface area contributed by atoms with Crippen LogP contribution in [0.2, 0.25) is 0 Å². The van der Waals surface area contributed by atoms with Gasteiger partial charge in [0.2, 0.25) is 11.8 Å². The zero-order valence-electron chi connectivity index (χ0n) is 8.03. The number of alkyl halides is 6. The van der Waals surface area contributed by atoms with E-state index in [0.29, 0.717) is 17.7 Å². The number of rotatable bonds is 1. The van der Waals surface area contributed by atoms with E-state index < -0.39 is 24.2 Å².